The lowest BCUT2D eigenvalue weighted by atomic mass is 9.92. The van der Waals surface area contributed by atoms with E-state index in [0.717, 1.165) is 17.7 Å². The molecule has 0 saturated heterocycles. The Hall–Kier alpha value is -4.11. The first-order chi connectivity index (χ1) is 15.3. The first kappa shape index (κ1) is 21.1. The molecule has 0 N–H and O–H groups in total. The number of amides is 1. The number of likely N-dealkylation sites (N-methyl/N-ethyl adjacent to an activating group) is 1. The molecule has 4 rings (SSSR count). The SMILES string of the molecule is CN1C(=O)C(=Cc2ccc(F)c(F)c2)C(=O)c2cc(C#CCc3ccc(F)cc3)ccc21. The summed E-state index contributed by atoms with van der Waals surface area (Å²) in [6.45, 7) is 0. The van der Waals surface area contributed by atoms with Gasteiger partial charge in [-0.05, 0) is 59.7 Å². The average Bonchev–Trinajstić information content (AvgIpc) is 2.79. The van der Waals surface area contributed by atoms with Crippen molar-refractivity contribution in [1.82, 2.24) is 0 Å². The van der Waals surface area contributed by atoms with Gasteiger partial charge in [0.05, 0.1) is 11.3 Å². The third-order valence-electron chi connectivity index (χ3n) is 5.08. The summed E-state index contributed by atoms with van der Waals surface area (Å²) < 4.78 is 39.7. The van der Waals surface area contributed by atoms with E-state index >= 15 is 0 Å². The van der Waals surface area contributed by atoms with E-state index in [-0.39, 0.29) is 22.5 Å². The summed E-state index contributed by atoms with van der Waals surface area (Å²) in [5.74, 6) is 2.50. The molecule has 3 aromatic carbocycles. The van der Waals surface area contributed by atoms with Crippen molar-refractivity contribution in [2.45, 2.75) is 6.42 Å². The Bertz CT molecular complexity index is 1330. The summed E-state index contributed by atoms with van der Waals surface area (Å²) in [6.07, 6.45) is 1.66. The van der Waals surface area contributed by atoms with E-state index in [2.05, 4.69) is 11.8 Å². The number of benzene rings is 3. The molecular weight excluding hydrogens is 415 g/mol. The van der Waals surface area contributed by atoms with E-state index in [9.17, 15) is 22.8 Å². The molecule has 0 saturated carbocycles. The molecular formula is C26H16F3NO2. The van der Waals surface area contributed by atoms with Crippen molar-refractivity contribution in [3.8, 4) is 11.8 Å². The van der Waals surface area contributed by atoms with Gasteiger partial charge in [-0.1, -0.05) is 30.0 Å². The van der Waals surface area contributed by atoms with Gasteiger partial charge in [0.2, 0.25) is 5.78 Å². The van der Waals surface area contributed by atoms with E-state index in [0.29, 0.717) is 17.7 Å². The molecule has 3 aromatic rings. The standard InChI is InChI=1S/C26H16F3NO2/c1-30-24-12-8-17(4-2-3-16-5-9-19(27)10-6-16)13-20(24)25(31)21(26(30)32)14-18-7-11-22(28)23(29)15-18/h5-15H,3H2,1H3. The third-order valence-corrected chi connectivity index (χ3v) is 5.08. The molecule has 158 valence electrons. The predicted octanol–water partition coefficient (Wildman–Crippen LogP) is 4.94. The van der Waals surface area contributed by atoms with Gasteiger partial charge in [-0.3, -0.25) is 9.59 Å². The number of anilines is 1. The van der Waals surface area contributed by atoms with Crippen LogP contribution in [0.15, 0.2) is 66.2 Å². The number of carbonyl (C=O) groups is 2. The number of nitrogens with zero attached hydrogens (tertiary/aromatic N) is 1. The van der Waals surface area contributed by atoms with Gasteiger partial charge >= 0.3 is 0 Å². The van der Waals surface area contributed by atoms with E-state index in [4.69, 9.17) is 0 Å². The normalized spacial score (nSPS) is 14.2. The van der Waals surface area contributed by atoms with Crippen LogP contribution in [0.1, 0.15) is 27.0 Å². The van der Waals surface area contributed by atoms with Crippen molar-refractivity contribution < 1.29 is 22.8 Å². The predicted molar refractivity (Wildman–Crippen MR) is 115 cm³/mol. The number of rotatable bonds is 2. The number of Topliss-reactive ketones (excluding diaryl/α,β-unsaturated/α-hetero) is 1. The number of ketones is 1. The monoisotopic (exact) mass is 431 g/mol. The maximum absolute atomic E-state index is 13.5. The molecule has 0 aromatic heterocycles. The first-order valence-corrected chi connectivity index (χ1v) is 9.70. The summed E-state index contributed by atoms with van der Waals surface area (Å²) in [7, 11) is 1.53. The highest BCUT2D eigenvalue weighted by molar-refractivity contribution is 6.36. The number of fused-ring (bicyclic) bond motifs is 1. The first-order valence-electron chi connectivity index (χ1n) is 9.70. The van der Waals surface area contributed by atoms with Crippen molar-refractivity contribution in [2.24, 2.45) is 0 Å². The Kier molecular flexibility index (Phi) is 5.65. The van der Waals surface area contributed by atoms with Crippen LogP contribution in [0.2, 0.25) is 0 Å². The second-order valence-electron chi connectivity index (χ2n) is 7.26. The van der Waals surface area contributed by atoms with Crippen molar-refractivity contribution in [3.63, 3.8) is 0 Å². The fourth-order valence-corrected chi connectivity index (χ4v) is 3.37. The second-order valence-corrected chi connectivity index (χ2v) is 7.26. The van der Waals surface area contributed by atoms with Gasteiger partial charge < -0.3 is 4.90 Å². The largest absolute Gasteiger partial charge is 0.311 e. The molecule has 1 amide bonds. The molecule has 0 aliphatic carbocycles. The Morgan fingerprint density at radius 2 is 1.66 bits per heavy atom. The summed E-state index contributed by atoms with van der Waals surface area (Å²) in [5, 5.41) is 0. The maximum atomic E-state index is 13.5. The van der Waals surface area contributed by atoms with Gasteiger partial charge in [-0.2, -0.15) is 0 Å². The molecule has 1 heterocycles. The van der Waals surface area contributed by atoms with E-state index < -0.39 is 23.3 Å². The highest BCUT2D eigenvalue weighted by Crippen LogP contribution is 2.31. The van der Waals surface area contributed by atoms with Gasteiger partial charge in [0.1, 0.15) is 5.82 Å². The highest BCUT2D eigenvalue weighted by Gasteiger charge is 2.32. The third kappa shape index (κ3) is 4.19. The minimum absolute atomic E-state index is 0.151. The quantitative estimate of drug-likeness (QED) is 0.327. The number of hydrogen-bond acceptors (Lipinski definition) is 2. The van der Waals surface area contributed by atoms with E-state index in [1.807, 2.05) is 0 Å². The lowest BCUT2D eigenvalue weighted by Gasteiger charge is -2.26. The average molecular weight is 431 g/mol. The molecule has 1 aliphatic rings. The van der Waals surface area contributed by atoms with Crippen LogP contribution in [0.3, 0.4) is 0 Å². The Balaban J connectivity index is 1.65. The van der Waals surface area contributed by atoms with Crippen LogP contribution in [0.25, 0.3) is 6.08 Å². The minimum atomic E-state index is -1.07. The fourth-order valence-electron chi connectivity index (χ4n) is 3.37. The summed E-state index contributed by atoms with van der Waals surface area (Å²) in [4.78, 5) is 27.1. The summed E-state index contributed by atoms with van der Waals surface area (Å²) >= 11 is 0. The molecule has 32 heavy (non-hydrogen) atoms. The zero-order chi connectivity index (χ0) is 22.8. The van der Waals surface area contributed by atoms with Crippen molar-refractivity contribution in [1.29, 1.82) is 0 Å². The van der Waals surface area contributed by atoms with Crippen LogP contribution in [-0.4, -0.2) is 18.7 Å². The molecule has 3 nitrogen and oxygen atoms in total. The maximum Gasteiger partial charge on any atom is 0.262 e. The van der Waals surface area contributed by atoms with E-state index in [1.54, 1.807) is 30.3 Å². The lowest BCUT2D eigenvalue weighted by Crippen LogP contribution is -2.36. The zero-order valence-corrected chi connectivity index (χ0v) is 17.0. The van der Waals surface area contributed by atoms with Crippen molar-refractivity contribution in [2.75, 3.05) is 11.9 Å². The smallest absolute Gasteiger partial charge is 0.262 e. The van der Waals surface area contributed by atoms with Gasteiger partial charge in [0, 0.05) is 24.6 Å². The molecule has 0 radical (unpaired) electrons. The lowest BCUT2D eigenvalue weighted by molar-refractivity contribution is -0.114. The van der Waals surface area contributed by atoms with Gasteiger partial charge in [-0.15, -0.1) is 0 Å². The second kappa shape index (κ2) is 8.56. The van der Waals surface area contributed by atoms with Crippen LogP contribution >= 0.6 is 0 Å². The van der Waals surface area contributed by atoms with Crippen molar-refractivity contribution >= 4 is 23.5 Å². The minimum Gasteiger partial charge on any atom is -0.311 e. The number of halogens is 3. The Morgan fingerprint density at radius 3 is 2.38 bits per heavy atom. The van der Waals surface area contributed by atoms with Gasteiger partial charge in [0.15, 0.2) is 11.6 Å². The molecule has 1 aliphatic heterocycles. The Morgan fingerprint density at radius 1 is 0.906 bits per heavy atom. The summed E-state index contributed by atoms with van der Waals surface area (Å²) in [6, 6.07) is 14.1. The fraction of sp³-hybridized carbons (Fsp3) is 0.0769. The van der Waals surface area contributed by atoms with Gasteiger partial charge in [-0.25, -0.2) is 13.2 Å². The molecule has 0 atom stereocenters. The highest BCUT2D eigenvalue weighted by atomic mass is 19.2. The van der Waals surface area contributed by atoms with E-state index in [1.165, 1.54) is 36.2 Å². The molecule has 0 unspecified atom stereocenters. The molecule has 0 bridgehead atoms. The summed E-state index contributed by atoms with van der Waals surface area (Å²) in [5.41, 5.74) is 2.21. The Labute approximate surface area is 182 Å². The topological polar surface area (TPSA) is 37.4 Å². The van der Waals surface area contributed by atoms with Crippen molar-refractivity contribution in [3.05, 3.63) is 106 Å². The van der Waals surface area contributed by atoms with Gasteiger partial charge in [0.25, 0.3) is 5.91 Å². The number of hydrogen-bond donors (Lipinski definition) is 0. The van der Waals surface area contributed by atoms with Crippen LogP contribution in [0, 0.1) is 29.3 Å². The number of carbonyl (C=O) groups excluding carboxylic acids is 2. The van der Waals surface area contributed by atoms with Crippen LogP contribution in [0.4, 0.5) is 18.9 Å². The molecule has 0 fully saturated rings. The molecule has 6 heteroatoms. The van der Waals surface area contributed by atoms with Crippen LogP contribution in [-0.2, 0) is 11.2 Å². The van der Waals surface area contributed by atoms with Crippen LogP contribution in [0.5, 0.6) is 0 Å². The van der Waals surface area contributed by atoms with Crippen LogP contribution < -0.4 is 4.90 Å². The molecule has 0 spiro atoms. The zero-order valence-electron chi connectivity index (χ0n) is 17.0.